The van der Waals surface area contributed by atoms with E-state index in [0.717, 1.165) is 15.6 Å². The van der Waals surface area contributed by atoms with E-state index in [1.807, 2.05) is 29.6 Å². The first-order valence-corrected chi connectivity index (χ1v) is 10.4. The lowest BCUT2D eigenvalue weighted by molar-refractivity contribution is -0.143. The number of Topliss-reactive ketones (excluding diaryl/α,β-unsaturated/α-hetero) is 1. The molecule has 0 radical (unpaired) electrons. The van der Waals surface area contributed by atoms with Crippen molar-refractivity contribution in [2.45, 2.75) is 18.4 Å². The molecule has 0 unspecified atom stereocenters. The van der Waals surface area contributed by atoms with E-state index < -0.39 is 22.5 Å². The quantitative estimate of drug-likeness (QED) is 0.484. The number of hydrogen-bond donors (Lipinski definition) is 1. The van der Waals surface area contributed by atoms with Crippen LogP contribution in [0.4, 0.5) is 0 Å². The number of sulfonamides is 1. The maximum absolute atomic E-state index is 12.2. The van der Waals surface area contributed by atoms with Crippen LogP contribution >= 0.6 is 11.3 Å². The van der Waals surface area contributed by atoms with Gasteiger partial charge in [0, 0.05) is 15.8 Å². The van der Waals surface area contributed by atoms with Gasteiger partial charge in [0.05, 0.1) is 4.90 Å². The first-order valence-electron chi connectivity index (χ1n) is 8.08. The number of hydrogen-bond acceptors (Lipinski definition) is 6. The Morgan fingerprint density at radius 3 is 2.48 bits per heavy atom. The van der Waals surface area contributed by atoms with E-state index in [4.69, 9.17) is 4.74 Å². The fourth-order valence-corrected chi connectivity index (χ4v) is 4.38. The second kappa shape index (κ2) is 7.99. The molecule has 0 aliphatic rings. The van der Waals surface area contributed by atoms with E-state index in [0.29, 0.717) is 5.56 Å². The van der Waals surface area contributed by atoms with Crippen LogP contribution in [0.1, 0.15) is 22.8 Å². The Bertz CT molecular complexity index is 1080. The minimum Gasteiger partial charge on any atom is -0.460 e. The molecule has 0 saturated heterocycles. The summed E-state index contributed by atoms with van der Waals surface area (Å²) in [6, 6.07) is 13.3. The largest absolute Gasteiger partial charge is 0.460 e. The maximum Gasteiger partial charge on any atom is 0.321 e. The minimum atomic E-state index is -3.86. The molecular formula is C19H17NO5S2. The molecule has 6 nitrogen and oxygen atoms in total. The second-order valence-corrected chi connectivity index (χ2v) is 8.50. The molecule has 0 amide bonds. The molecule has 0 aliphatic heterocycles. The third-order valence-electron chi connectivity index (χ3n) is 3.93. The molecule has 3 aromatic rings. The van der Waals surface area contributed by atoms with Gasteiger partial charge in [0.2, 0.25) is 10.0 Å². The van der Waals surface area contributed by atoms with Crippen molar-refractivity contribution in [2.24, 2.45) is 0 Å². The third-order valence-corrected chi connectivity index (χ3v) is 6.36. The highest BCUT2D eigenvalue weighted by Crippen LogP contribution is 2.26. The summed E-state index contributed by atoms with van der Waals surface area (Å²) in [5.41, 5.74) is 1.29. The Hall–Kier alpha value is -2.55. The number of carbonyl (C=O) groups is 2. The second-order valence-electron chi connectivity index (χ2n) is 5.82. The fraction of sp³-hybridized carbons (Fsp3) is 0.158. The molecule has 3 rings (SSSR count). The van der Waals surface area contributed by atoms with Crippen LogP contribution in [0.5, 0.6) is 0 Å². The number of esters is 1. The van der Waals surface area contributed by atoms with Gasteiger partial charge in [-0.15, -0.1) is 11.3 Å². The molecule has 1 heterocycles. The Kier molecular flexibility index (Phi) is 5.69. The molecule has 1 aromatic heterocycles. The first kappa shape index (κ1) is 19.2. The van der Waals surface area contributed by atoms with E-state index in [9.17, 15) is 18.0 Å². The highest BCUT2D eigenvalue weighted by atomic mass is 32.2. The van der Waals surface area contributed by atoms with Crippen LogP contribution in [0.25, 0.3) is 10.1 Å². The number of thiophene rings is 1. The van der Waals surface area contributed by atoms with Crippen LogP contribution in [0.2, 0.25) is 0 Å². The maximum atomic E-state index is 12.2. The highest BCUT2D eigenvalue weighted by Gasteiger charge is 2.17. The number of benzene rings is 2. The number of nitrogens with one attached hydrogen (secondary N) is 1. The van der Waals surface area contributed by atoms with Crippen LogP contribution < -0.4 is 4.72 Å². The van der Waals surface area contributed by atoms with Crippen molar-refractivity contribution in [1.29, 1.82) is 0 Å². The van der Waals surface area contributed by atoms with Crippen molar-refractivity contribution in [3.05, 3.63) is 65.0 Å². The summed E-state index contributed by atoms with van der Waals surface area (Å²) in [4.78, 5) is 23.1. The predicted molar refractivity (Wildman–Crippen MR) is 103 cm³/mol. The van der Waals surface area contributed by atoms with Gasteiger partial charge in [-0.25, -0.2) is 8.42 Å². The summed E-state index contributed by atoms with van der Waals surface area (Å²) >= 11 is 1.56. The number of ether oxygens (including phenoxy) is 1. The van der Waals surface area contributed by atoms with Gasteiger partial charge in [0.1, 0.15) is 13.2 Å². The van der Waals surface area contributed by atoms with Crippen LogP contribution in [0, 0.1) is 0 Å². The van der Waals surface area contributed by atoms with Crippen LogP contribution in [0.15, 0.2) is 58.8 Å². The molecule has 27 heavy (non-hydrogen) atoms. The summed E-state index contributed by atoms with van der Waals surface area (Å²) in [5.74, 6) is -0.828. The van der Waals surface area contributed by atoms with Crippen molar-refractivity contribution in [2.75, 3.05) is 6.54 Å². The van der Waals surface area contributed by atoms with Crippen LogP contribution in [-0.2, 0) is 26.2 Å². The smallest absolute Gasteiger partial charge is 0.321 e. The molecular weight excluding hydrogens is 386 g/mol. The summed E-state index contributed by atoms with van der Waals surface area (Å²) in [7, 11) is -3.86. The summed E-state index contributed by atoms with van der Waals surface area (Å²) in [6.45, 7) is 1.01. The standard InChI is InChI=1S/C19H17NO5S2/c1-13(21)14-6-8-16(9-7-14)27(23,24)20-10-19(22)25-11-15-12-26-18-5-3-2-4-17(15)18/h2-9,12,20H,10-11H2,1H3. The first-order chi connectivity index (χ1) is 12.9. The van der Waals surface area contributed by atoms with E-state index in [1.54, 1.807) is 11.3 Å². The Morgan fingerprint density at radius 1 is 1.07 bits per heavy atom. The molecule has 0 atom stereocenters. The molecule has 0 fully saturated rings. The number of rotatable bonds is 7. The topological polar surface area (TPSA) is 89.5 Å². The van der Waals surface area contributed by atoms with Crippen molar-refractivity contribution in [1.82, 2.24) is 4.72 Å². The third kappa shape index (κ3) is 4.60. The zero-order valence-corrected chi connectivity index (χ0v) is 16.1. The number of ketones is 1. The summed E-state index contributed by atoms with van der Waals surface area (Å²) in [6.07, 6.45) is 0. The van der Waals surface area contributed by atoms with Gasteiger partial charge in [-0.05, 0) is 35.9 Å². The van der Waals surface area contributed by atoms with Crippen LogP contribution in [0.3, 0.4) is 0 Å². The zero-order valence-electron chi connectivity index (χ0n) is 14.5. The summed E-state index contributed by atoms with van der Waals surface area (Å²) in [5, 5.41) is 2.93. The average Bonchev–Trinajstić information content (AvgIpc) is 3.08. The van der Waals surface area contributed by atoms with E-state index in [2.05, 4.69) is 4.72 Å². The Labute approximate surface area is 160 Å². The number of fused-ring (bicyclic) bond motifs is 1. The average molecular weight is 403 g/mol. The normalized spacial score (nSPS) is 11.4. The predicted octanol–water partition coefficient (Wildman–Crippen LogP) is 3.13. The molecule has 0 saturated carbocycles. The van der Waals surface area contributed by atoms with Gasteiger partial charge in [-0.3, -0.25) is 9.59 Å². The molecule has 0 bridgehead atoms. The molecule has 0 spiro atoms. The highest BCUT2D eigenvalue weighted by molar-refractivity contribution is 7.89. The fourth-order valence-electron chi connectivity index (χ4n) is 2.46. The van der Waals surface area contributed by atoms with Crippen molar-refractivity contribution >= 4 is 43.2 Å². The van der Waals surface area contributed by atoms with Gasteiger partial charge < -0.3 is 4.74 Å². The van der Waals surface area contributed by atoms with E-state index >= 15 is 0 Å². The molecule has 2 aromatic carbocycles. The van der Waals surface area contributed by atoms with E-state index in [1.165, 1.54) is 31.2 Å². The molecule has 8 heteroatoms. The van der Waals surface area contributed by atoms with Gasteiger partial charge in [-0.1, -0.05) is 30.3 Å². The lowest BCUT2D eigenvalue weighted by Gasteiger charge is -2.08. The van der Waals surface area contributed by atoms with Crippen molar-refractivity contribution in [3.8, 4) is 0 Å². The Balaban J connectivity index is 1.57. The van der Waals surface area contributed by atoms with Gasteiger partial charge in [0.15, 0.2) is 5.78 Å². The monoisotopic (exact) mass is 403 g/mol. The van der Waals surface area contributed by atoms with Crippen LogP contribution in [-0.4, -0.2) is 26.7 Å². The SMILES string of the molecule is CC(=O)c1ccc(S(=O)(=O)NCC(=O)OCc2csc3ccccc23)cc1. The lowest BCUT2D eigenvalue weighted by Crippen LogP contribution is -2.30. The van der Waals surface area contributed by atoms with Crippen molar-refractivity contribution in [3.63, 3.8) is 0 Å². The van der Waals surface area contributed by atoms with Gasteiger partial charge >= 0.3 is 5.97 Å². The minimum absolute atomic E-state index is 0.0240. The van der Waals surface area contributed by atoms with Gasteiger partial charge in [0.25, 0.3) is 0 Å². The molecule has 140 valence electrons. The van der Waals surface area contributed by atoms with Crippen molar-refractivity contribution < 1.29 is 22.7 Å². The zero-order chi connectivity index (χ0) is 19.4. The molecule has 0 aliphatic carbocycles. The number of carbonyl (C=O) groups excluding carboxylic acids is 2. The lowest BCUT2D eigenvalue weighted by atomic mass is 10.2. The summed E-state index contributed by atoms with van der Waals surface area (Å²) < 4.78 is 32.9. The van der Waals surface area contributed by atoms with Gasteiger partial charge in [-0.2, -0.15) is 4.72 Å². The molecule has 1 N–H and O–H groups in total. The van der Waals surface area contributed by atoms with E-state index in [-0.39, 0.29) is 17.3 Å². The Morgan fingerprint density at radius 2 is 1.78 bits per heavy atom.